The third-order valence-electron chi connectivity index (χ3n) is 4.32. The Bertz CT molecular complexity index is 1120. The van der Waals surface area contributed by atoms with Crippen molar-refractivity contribution >= 4 is 39.6 Å². The van der Waals surface area contributed by atoms with Gasteiger partial charge in [0.05, 0.1) is 10.4 Å². The fourth-order valence-electron chi connectivity index (χ4n) is 2.77. The van der Waals surface area contributed by atoms with Crippen molar-refractivity contribution in [3.05, 3.63) is 47.7 Å². The molecule has 10 heteroatoms. The summed E-state index contributed by atoms with van der Waals surface area (Å²) in [5.74, 6) is 0. The van der Waals surface area contributed by atoms with Crippen LogP contribution in [0.25, 0.3) is 16.6 Å². The van der Waals surface area contributed by atoms with Crippen LogP contribution in [0.15, 0.2) is 52.1 Å². The van der Waals surface area contributed by atoms with Gasteiger partial charge >= 0.3 is 6.18 Å². The maximum atomic E-state index is 13.2. The molecule has 0 amide bonds. The number of aliphatic hydroxyl groups is 1. The highest BCUT2D eigenvalue weighted by Gasteiger charge is 2.54. The molecule has 0 aliphatic heterocycles. The summed E-state index contributed by atoms with van der Waals surface area (Å²) in [6.07, 6.45) is -2.48. The molecule has 3 aromatic heterocycles. The van der Waals surface area contributed by atoms with E-state index in [-0.39, 0.29) is 4.88 Å². The number of halogens is 3. The second-order valence-electron chi connectivity index (χ2n) is 5.92. The Morgan fingerprint density at radius 3 is 2.78 bits per heavy atom. The van der Waals surface area contributed by atoms with Crippen LogP contribution in [-0.4, -0.2) is 30.9 Å². The van der Waals surface area contributed by atoms with Crippen molar-refractivity contribution in [1.29, 1.82) is 0 Å². The summed E-state index contributed by atoms with van der Waals surface area (Å²) >= 11 is 2.11. The van der Waals surface area contributed by atoms with Gasteiger partial charge in [0.25, 0.3) is 0 Å². The number of alkyl halides is 3. The van der Waals surface area contributed by atoms with Crippen molar-refractivity contribution in [3.8, 4) is 0 Å². The standard InChI is InChI=1S/C17H13F3N4OS2/c1-2-16(25,17(18,19)20)13-8-21-15(27-13)26-11-4-5-12-10(7-11)3-6-14-23-22-9-24(12)14/h3-9,25H,2H2,1H3. The molecule has 0 aliphatic rings. The molecule has 1 N–H and O–H groups in total. The summed E-state index contributed by atoms with van der Waals surface area (Å²) in [4.78, 5) is 4.69. The van der Waals surface area contributed by atoms with Crippen LogP contribution in [0.1, 0.15) is 18.2 Å². The maximum Gasteiger partial charge on any atom is 0.422 e. The normalized spacial score (nSPS) is 14.7. The first-order valence-electron chi connectivity index (χ1n) is 7.97. The first-order valence-corrected chi connectivity index (χ1v) is 9.61. The maximum absolute atomic E-state index is 13.2. The van der Waals surface area contributed by atoms with Crippen molar-refractivity contribution in [1.82, 2.24) is 19.6 Å². The van der Waals surface area contributed by atoms with E-state index in [2.05, 4.69) is 15.2 Å². The van der Waals surface area contributed by atoms with Crippen molar-refractivity contribution in [2.75, 3.05) is 0 Å². The summed E-state index contributed by atoms with van der Waals surface area (Å²) in [6, 6.07) is 9.45. The molecule has 4 rings (SSSR count). The summed E-state index contributed by atoms with van der Waals surface area (Å²) in [7, 11) is 0. The van der Waals surface area contributed by atoms with Gasteiger partial charge in [0.2, 0.25) is 0 Å². The van der Waals surface area contributed by atoms with Gasteiger partial charge in [-0.15, -0.1) is 21.5 Å². The molecule has 3 heterocycles. The second kappa shape index (κ2) is 6.47. The fraction of sp³-hybridized carbons (Fsp3) is 0.235. The van der Waals surface area contributed by atoms with Gasteiger partial charge in [-0.1, -0.05) is 18.7 Å². The number of rotatable bonds is 4. The monoisotopic (exact) mass is 410 g/mol. The molecule has 140 valence electrons. The summed E-state index contributed by atoms with van der Waals surface area (Å²) in [5, 5.41) is 18.9. The van der Waals surface area contributed by atoms with Gasteiger partial charge in [-0.3, -0.25) is 4.40 Å². The number of hydrogen-bond donors (Lipinski definition) is 1. The van der Waals surface area contributed by atoms with E-state index >= 15 is 0 Å². The van der Waals surface area contributed by atoms with Crippen LogP contribution in [0.4, 0.5) is 13.2 Å². The molecule has 0 spiro atoms. The van der Waals surface area contributed by atoms with Gasteiger partial charge in [0, 0.05) is 11.1 Å². The molecule has 0 saturated carbocycles. The minimum Gasteiger partial charge on any atom is -0.376 e. The number of benzene rings is 1. The van der Waals surface area contributed by atoms with E-state index in [0.29, 0.717) is 4.34 Å². The average Bonchev–Trinajstić information content (AvgIpc) is 3.29. The molecule has 1 aromatic carbocycles. The Labute approximate surface area is 159 Å². The van der Waals surface area contributed by atoms with Crippen LogP contribution in [0.2, 0.25) is 0 Å². The number of pyridine rings is 1. The molecule has 0 bridgehead atoms. The fourth-order valence-corrected chi connectivity index (χ4v) is 4.95. The topological polar surface area (TPSA) is 63.3 Å². The molecule has 0 aliphatic carbocycles. The quantitative estimate of drug-likeness (QED) is 0.531. The number of thiazole rings is 1. The molecule has 1 atom stereocenters. The first kappa shape index (κ1) is 18.2. The summed E-state index contributed by atoms with van der Waals surface area (Å²) in [6.45, 7) is 1.30. The lowest BCUT2D eigenvalue weighted by molar-refractivity contribution is -0.266. The van der Waals surface area contributed by atoms with Gasteiger partial charge in [-0.05, 0) is 42.1 Å². The largest absolute Gasteiger partial charge is 0.422 e. The van der Waals surface area contributed by atoms with Gasteiger partial charge in [0.15, 0.2) is 15.6 Å². The Hall–Kier alpha value is -2.17. The van der Waals surface area contributed by atoms with Crippen LogP contribution in [-0.2, 0) is 5.60 Å². The van der Waals surface area contributed by atoms with E-state index < -0.39 is 18.2 Å². The van der Waals surface area contributed by atoms with E-state index in [1.165, 1.54) is 18.7 Å². The van der Waals surface area contributed by atoms with Crippen LogP contribution in [0.3, 0.4) is 0 Å². The van der Waals surface area contributed by atoms with Gasteiger partial charge in [-0.2, -0.15) is 13.2 Å². The molecule has 27 heavy (non-hydrogen) atoms. The summed E-state index contributed by atoms with van der Waals surface area (Å²) in [5.41, 5.74) is -1.20. The van der Waals surface area contributed by atoms with E-state index in [0.717, 1.165) is 39.0 Å². The van der Waals surface area contributed by atoms with Gasteiger partial charge < -0.3 is 5.11 Å². The van der Waals surface area contributed by atoms with E-state index in [1.54, 1.807) is 6.33 Å². The molecule has 5 nitrogen and oxygen atoms in total. The molecule has 4 aromatic rings. The Morgan fingerprint density at radius 2 is 2.04 bits per heavy atom. The Kier molecular flexibility index (Phi) is 4.36. The van der Waals surface area contributed by atoms with E-state index in [9.17, 15) is 18.3 Å². The number of nitrogens with zero attached hydrogens (tertiary/aromatic N) is 4. The predicted molar refractivity (Wildman–Crippen MR) is 97.0 cm³/mol. The second-order valence-corrected chi connectivity index (χ2v) is 8.27. The Balaban J connectivity index is 1.65. The molecule has 1 unspecified atom stereocenters. The van der Waals surface area contributed by atoms with Crippen LogP contribution in [0, 0.1) is 0 Å². The molecular weight excluding hydrogens is 397 g/mol. The average molecular weight is 410 g/mol. The van der Waals surface area contributed by atoms with Crippen molar-refractivity contribution in [3.63, 3.8) is 0 Å². The lowest BCUT2D eigenvalue weighted by Crippen LogP contribution is -2.40. The van der Waals surface area contributed by atoms with Crippen LogP contribution in [0.5, 0.6) is 0 Å². The number of aromatic nitrogens is 4. The van der Waals surface area contributed by atoms with Crippen molar-refractivity contribution in [2.45, 2.75) is 34.4 Å². The zero-order valence-corrected chi connectivity index (χ0v) is 15.6. The third-order valence-corrected chi connectivity index (χ3v) is 6.54. The summed E-state index contributed by atoms with van der Waals surface area (Å²) < 4.78 is 41.9. The highest BCUT2D eigenvalue weighted by Crippen LogP contribution is 2.45. The number of fused-ring (bicyclic) bond motifs is 3. The van der Waals surface area contributed by atoms with E-state index in [4.69, 9.17) is 0 Å². The smallest absolute Gasteiger partial charge is 0.376 e. The zero-order chi connectivity index (χ0) is 19.2. The Morgan fingerprint density at radius 1 is 1.22 bits per heavy atom. The predicted octanol–water partition coefficient (Wildman–Crippen LogP) is 4.65. The third kappa shape index (κ3) is 3.07. The molecule has 0 radical (unpaired) electrons. The first-order chi connectivity index (χ1) is 12.8. The lowest BCUT2D eigenvalue weighted by atomic mass is 9.99. The SMILES string of the molecule is CCC(O)(c1cnc(Sc2ccc3c(ccc4nncn43)c2)s1)C(F)(F)F. The van der Waals surface area contributed by atoms with Crippen LogP contribution < -0.4 is 0 Å². The van der Waals surface area contributed by atoms with E-state index in [1.807, 2.05) is 34.7 Å². The molecule has 0 saturated heterocycles. The van der Waals surface area contributed by atoms with Crippen LogP contribution >= 0.6 is 23.1 Å². The minimum absolute atomic E-state index is 0.202. The highest BCUT2D eigenvalue weighted by atomic mass is 32.2. The molecular formula is C17H13F3N4OS2. The van der Waals surface area contributed by atoms with Crippen molar-refractivity contribution < 1.29 is 18.3 Å². The van der Waals surface area contributed by atoms with Crippen molar-refractivity contribution in [2.24, 2.45) is 0 Å². The van der Waals surface area contributed by atoms with Gasteiger partial charge in [-0.25, -0.2) is 4.98 Å². The zero-order valence-electron chi connectivity index (χ0n) is 13.9. The molecule has 0 fully saturated rings. The minimum atomic E-state index is -4.75. The lowest BCUT2D eigenvalue weighted by Gasteiger charge is -2.27. The number of hydrogen-bond acceptors (Lipinski definition) is 6. The highest BCUT2D eigenvalue weighted by molar-refractivity contribution is 8.01. The van der Waals surface area contributed by atoms with Gasteiger partial charge in [0.1, 0.15) is 6.33 Å².